The third-order valence-electron chi connectivity index (χ3n) is 4.20. The number of carbonyl (C=O) groups excluding carboxylic acids is 1. The van der Waals surface area contributed by atoms with Crippen molar-refractivity contribution in [2.24, 2.45) is 0 Å². The second-order valence-corrected chi connectivity index (χ2v) is 5.94. The molecule has 0 saturated carbocycles. The molecule has 0 radical (unpaired) electrons. The van der Waals surface area contributed by atoms with E-state index in [0.717, 1.165) is 5.56 Å². The van der Waals surface area contributed by atoms with Gasteiger partial charge in [-0.2, -0.15) is 4.98 Å². The number of rotatable bonds is 3. The Hall–Kier alpha value is -3.06. The van der Waals surface area contributed by atoms with Crippen molar-refractivity contribution in [3.8, 4) is 11.5 Å². The van der Waals surface area contributed by atoms with Gasteiger partial charge in [-0.3, -0.25) is 4.79 Å². The van der Waals surface area contributed by atoms with Crippen LogP contribution in [-0.2, 0) is 4.74 Å². The number of hydrogen-bond donors (Lipinski definition) is 0. The zero-order chi connectivity index (χ0) is 17.9. The van der Waals surface area contributed by atoms with Gasteiger partial charge in [0.2, 0.25) is 5.82 Å². The van der Waals surface area contributed by atoms with Crippen molar-refractivity contribution in [2.45, 2.75) is 6.10 Å². The molecular weight excluding hydrogens is 337 g/mol. The minimum absolute atomic E-state index is 0.176. The van der Waals surface area contributed by atoms with Gasteiger partial charge in [-0.1, -0.05) is 23.4 Å². The highest BCUT2D eigenvalue weighted by Crippen LogP contribution is 2.24. The molecule has 132 valence electrons. The average Bonchev–Trinajstić information content (AvgIpc) is 3.19. The first-order chi connectivity index (χ1) is 12.7. The van der Waals surface area contributed by atoms with Gasteiger partial charge in [0.25, 0.3) is 11.8 Å². The molecule has 0 unspecified atom stereocenters. The van der Waals surface area contributed by atoms with Crippen LogP contribution in [0.25, 0.3) is 11.5 Å². The average molecular weight is 353 g/mol. The lowest BCUT2D eigenvalue weighted by Crippen LogP contribution is -2.42. The Morgan fingerprint density at radius 3 is 2.65 bits per heavy atom. The van der Waals surface area contributed by atoms with Crippen molar-refractivity contribution >= 4 is 5.91 Å². The second kappa shape index (κ2) is 7.05. The summed E-state index contributed by atoms with van der Waals surface area (Å²) in [4.78, 5) is 18.6. The molecule has 7 heteroatoms. The van der Waals surface area contributed by atoms with E-state index in [1.165, 1.54) is 24.3 Å². The third-order valence-corrected chi connectivity index (χ3v) is 4.20. The molecule has 0 bridgehead atoms. The van der Waals surface area contributed by atoms with Crippen LogP contribution in [0.15, 0.2) is 59.1 Å². The van der Waals surface area contributed by atoms with E-state index in [9.17, 15) is 9.18 Å². The Morgan fingerprint density at radius 1 is 1.12 bits per heavy atom. The Morgan fingerprint density at radius 2 is 1.88 bits per heavy atom. The largest absolute Gasteiger partial charge is 0.366 e. The van der Waals surface area contributed by atoms with Crippen LogP contribution in [0.3, 0.4) is 0 Å². The van der Waals surface area contributed by atoms with Crippen LogP contribution in [0.2, 0.25) is 0 Å². The first-order valence-corrected chi connectivity index (χ1v) is 8.26. The molecule has 6 nitrogen and oxygen atoms in total. The van der Waals surface area contributed by atoms with Gasteiger partial charge in [0.05, 0.1) is 13.2 Å². The summed E-state index contributed by atoms with van der Waals surface area (Å²) in [5.41, 5.74) is 1.26. The quantitative estimate of drug-likeness (QED) is 0.724. The number of nitrogens with zero attached hydrogens (tertiary/aromatic N) is 3. The molecule has 3 aromatic rings. The number of amides is 1. The maximum atomic E-state index is 13.0. The van der Waals surface area contributed by atoms with Crippen LogP contribution in [0.4, 0.5) is 4.39 Å². The summed E-state index contributed by atoms with van der Waals surface area (Å²) >= 11 is 0. The molecule has 0 N–H and O–H groups in total. The maximum Gasteiger partial charge on any atom is 0.258 e. The van der Waals surface area contributed by atoms with E-state index in [2.05, 4.69) is 10.1 Å². The molecule has 1 aliphatic rings. The highest BCUT2D eigenvalue weighted by molar-refractivity contribution is 5.94. The van der Waals surface area contributed by atoms with Gasteiger partial charge in [0, 0.05) is 17.7 Å². The monoisotopic (exact) mass is 353 g/mol. The van der Waals surface area contributed by atoms with E-state index in [-0.39, 0.29) is 11.7 Å². The Labute approximate surface area is 149 Å². The van der Waals surface area contributed by atoms with Crippen molar-refractivity contribution < 1.29 is 18.4 Å². The Kier molecular flexibility index (Phi) is 4.45. The first-order valence-electron chi connectivity index (χ1n) is 8.26. The zero-order valence-corrected chi connectivity index (χ0v) is 13.8. The lowest BCUT2D eigenvalue weighted by Gasteiger charge is -2.31. The molecule has 1 aromatic heterocycles. The molecule has 1 fully saturated rings. The molecule has 0 aliphatic carbocycles. The van der Waals surface area contributed by atoms with Gasteiger partial charge < -0.3 is 14.2 Å². The zero-order valence-electron chi connectivity index (χ0n) is 13.8. The summed E-state index contributed by atoms with van der Waals surface area (Å²) < 4.78 is 24.1. The van der Waals surface area contributed by atoms with Crippen molar-refractivity contribution in [2.75, 3.05) is 19.7 Å². The van der Waals surface area contributed by atoms with E-state index in [4.69, 9.17) is 9.26 Å². The predicted octanol–water partition coefficient (Wildman–Crippen LogP) is 3.09. The summed E-state index contributed by atoms with van der Waals surface area (Å²) in [5, 5.41) is 4.00. The number of morpholine rings is 1. The number of ether oxygens (including phenoxy) is 1. The fraction of sp³-hybridized carbons (Fsp3) is 0.211. The fourth-order valence-corrected chi connectivity index (χ4v) is 2.83. The molecule has 2 aromatic carbocycles. The molecule has 1 amide bonds. The number of halogens is 1. The van der Waals surface area contributed by atoms with Crippen LogP contribution >= 0.6 is 0 Å². The van der Waals surface area contributed by atoms with Gasteiger partial charge >= 0.3 is 0 Å². The van der Waals surface area contributed by atoms with Crippen molar-refractivity contribution in [3.63, 3.8) is 0 Å². The van der Waals surface area contributed by atoms with E-state index in [0.29, 0.717) is 37.0 Å². The van der Waals surface area contributed by atoms with Crippen molar-refractivity contribution in [3.05, 3.63) is 71.8 Å². The van der Waals surface area contributed by atoms with Crippen LogP contribution in [-0.4, -0.2) is 40.6 Å². The van der Waals surface area contributed by atoms with Crippen molar-refractivity contribution in [1.29, 1.82) is 0 Å². The van der Waals surface area contributed by atoms with Crippen LogP contribution in [0.5, 0.6) is 0 Å². The first kappa shape index (κ1) is 16.4. The standard InChI is InChI=1S/C19H16FN3O3/c20-15-8-6-14(7-9-15)19(24)23-10-11-25-16(12-23)17-21-18(26-22-17)13-4-2-1-3-5-13/h1-9,16H,10-12H2/t16-/m1/s1. The van der Waals surface area contributed by atoms with Gasteiger partial charge in [-0.15, -0.1) is 0 Å². The molecule has 0 spiro atoms. The van der Waals surface area contributed by atoms with Gasteiger partial charge in [0.1, 0.15) is 11.9 Å². The highest BCUT2D eigenvalue weighted by Gasteiger charge is 2.29. The Balaban J connectivity index is 1.49. The maximum absolute atomic E-state index is 13.0. The molecule has 1 aliphatic heterocycles. The summed E-state index contributed by atoms with van der Waals surface area (Å²) in [5.74, 6) is 0.262. The summed E-state index contributed by atoms with van der Waals surface area (Å²) in [6, 6.07) is 14.9. The molecular formula is C19H16FN3O3. The minimum atomic E-state index is -0.464. The van der Waals surface area contributed by atoms with Crippen LogP contribution in [0.1, 0.15) is 22.3 Å². The summed E-state index contributed by atoms with van der Waals surface area (Å²) in [6.45, 7) is 1.13. The predicted molar refractivity (Wildman–Crippen MR) is 90.7 cm³/mol. The van der Waals surface area contributed by atoms with Gasteiger partial charge in [-0.25, -0.2) is 4.39 Å². The van der Waals surface area contributed by atoms with Crippen molar-refractivity contribution in [1.82, 2.24) is 15.0 Å². The Bertz CT molecular complexity index is 896. The second-order valence-electron chi connectivity index (χ2n) is 5.94. The van der Waals surface area contributed by atoms with E-state index in [1.54, 1.807) is 4.90 Å². The number of carbonyl (C=O) groups is 1. The highest BCUT2D eigenvalue weighted by atomic mass is 19.1. The number of benzene rings is 2. The molecule has 26 heavy (non-hydrogen) atoms. The SMILES string of the molecule is O=C(c1ccc(F)cc1)N1CCO[C@@H](c2noc(-c3ccccc3)n2)C1. The van der Waals surface area contributed by atoms with Gasteiger partial charge in [-0.05, 0) is 36.4 Å². The number of aromatic nitrogens is 2. The van der Waals surface area contributed by atoms with Crippen LogP contribution < -0.4 is 0 Å². The molecule has 1 atom stereocenters. The normalized spacial score (nSPS) is 17.3. The molecule has 1 saturated heterocycles. The fourth-order valence-electron chi connectivity index (χ4n) is 2.83. The lowest BCUT2D eigenvalue weighted by atomic mass is 10.1. The smallest absolute Gasteiger partial charge is 0.258 e. The summed E-state index contributed by atoms with van der Waals surface area (Å²) in [7, 11) is 0. The topological polar surface area (TPSA) is 68.5 Å². The van der Waals surface area contributed by atoms with E-state index >= 15 is 0 Å². The van der Waals surface area contributed by atoms with Gasteiger partial charge in [0.15, 0.2) is 0 Å². The lowest BCUT2D eigenvalue weighted by molar-refractivity contribution is -0.0276. The third kappa shape index (κ3) is 3.34. The molecule has 4 rings (SSSR count). The van der Waals surface area contributed by atoms with E-state index < -0.39 is 6.10 Å². The summed E-state index contributed by atoms with van der Waals surface area (Å²) in [6.07, 6.45) is -0.464. The number of hydrogen-bond acceptors (Lipinski definition) is 5. The van der Waals surface area contributed by atoms with Crippen LogP contribution in [0, 0.1) is 5.82 Å². The minimum Gasteiger partial charge on any atom is -0.366 e. The van der Waals surface area contributed by atoms with E-state index in [1.807, 2.05) is 30.3 Å². The molecule has 2 heterocycles.